The van der Waals surface area contributed by atoms with Gasteiger partial charge in [-0.1, -0.05) is 6.07 Å². The number of furan rings is 1. The minimum atomic E-state index is -0.532. The van der Waals surface area contributed by atoms with Crippen LogP contribution in [0.2, 0.25) is 0 Å². The van der Waals surface area contributed by atoms with E-state index in [1.54, 1.807) is 23.2 Å². The van der Waals surface area contributed by atoms with Gasteiger partial charge in [-0.15, -0.1) is 11.3 Å². The van der Waals surface area contributed by atoms with Gasteiger partial charge in [0.05, 0.1) is 24.4 Å². The number of aryl methyl sites for hydroxylation is 1. The Kier molecular flexibility index (Phi) is 4.72. The van der Waals surface area contributed by atoms with Crippen molar-refractivity contribution >= 4 is 23.2 Å². The molecule has 4 heterocycles. The molecule has 1 atom stereocenters. The fourth-order valence-corrected chi connectivity index (χ4v) is 3.87. The van der Waals surface area contributed by atoms with E-state index in [0.717, 1.165) is 16.3 Å². The number of fused-ring (bicyclic) bond motifs is 1. The third-order valence-corrected chi connectivity index (χ3v) is 5.40. The van der Waals surface area contributed by atoms with Gasteiger partial charge in [0, 0.05) is 30.4 Å². The van der Waals surface area contributed by atoms with Gasteiger partial charge >= 0.3 is 0 Å². The number of hydrogen-bond donors (Lipinski definition) is 1. The molecule has 1 N–H and O–H groups in total. The summed E-state index contributed by atoms with van der Waals surface area (Å²) in [7, 11) is 0. The molecule has 1 unspecified atom stereocenters. The largest absolute Gasteiger partial charge is 0.459 e. The Morgan fingerprint density at radius 3 is 3.00 bits per heavy atom. The molecule has 27 heavy (non-hydrogen) atoms. The second-order valence-electron chi connectivity index (χ2n) is 6.36. The number of nitrogens with one attached hydrogen (secondary N) is 1. The van der Waals surface area contributed by atoms with E-state index in [9.17, 15) is 9.59 Å². The number of thiazole rings is 1. The predicted octanol–water partition coefficient (Wildman–Crippen LogP) is 2.50. The van der Waals surface area contributed by atoms with Crippen LogP contribution >= 0.6 is 11.3 Å². The Morgan fingerprint density at radius 2 is 2.26 bits per heavy atom. The first-order valence-electron chi connectivity index (χ1n) is 8.57. The third kappa shape index (κ3) is 3.61. The number of carbonyl (C=O) groups excluding carboxylic acids is 2. The highest BCUT2D eigenvalue weighted by Gasteiger charge is 2.34. The van der Waals surface area contributed by atoms with Gasteiger partial charge in [0.1, 0.15) is 5.01 Å². The molecule has 0 radical (unpaired) electrons. The summed E-state index contributed by atoms with van der Waals surface area (Å²) in [6.45, 7) is 2.94. The van der Waals surface area contributed by atoms with Crippen LogP contribution in [0.25, 0.3) is 0 Å². The van der Waals surface area contributed by atoms with Crippen LogP contribution in [0.1, 0.15) is 38.4 Å². The van der Waals surface area contributed by atoms with Crippen LogP contribution in [0.3, 0.4) is 0 Å². The molecule has 0 saturated carbocycles. The summed E-state index contributed by atoms with van der Waals surface area (Å²) in [5, 5.41) is 5.72. The molecule has 4 rings (SSSR count). The molecule has 0 bridgehead atoms. The normalized spacial score (nSPS) is 16.0. The molecule has 3 aromatic rings. The Bertz CT molecular complexity index is 967. The molecule has 1 aliphatic heterocycles. The summed E-state index contributed by atoms with van der Waals surface area (Å²) in [6.07, 6.45) is 3.14. The second-order valence-corrected chi connectivity index (χ2v) is 7.31. The van der Waals surface area contributed by atoms with Crippen LogP contribution in [-0.4, -0.2) is 33.2 Å². The average molecular weight is 382 g/mol. The van der Waals surface area contributed by atoms with E-state index in [-0.39, 0.29) is 24.1 Å². The van der Waals surface area contributed by atoms with Gasteiger partial charge in [-0.05, 0) is 30.7 Å². The molecule has 0 fully saturated rings. The summed E-state index contributed by atoms with van der Waals surface area (Å²) < 4.78 is 5.23. The number of aromatic nitrogens is 2. The van der Waals surface area contributed by atoms with Crippen molar-refractivity contribution in [2.45, 2.75) is 25.9 Å². The number of nitrogens with zero attached hydrogens (tertiary/aromatic N) is 3. The maximum atomic E-state index is 12.9. The summed E-state index contributed by atoms with van der Waals surface area (Å²) in [4.78, 5) is 35.9. The van der Waals surface area contributed by atoms with E-state index in [1.165, 1.54) is 17.6 Å². The Hall–Kier alpha value is -3.00. The van der Waals surface area contributed by atoms with Crippen molar-refractivity contribution in [3.8, 4) is 0 Å². The molecular weight excluding hydrogens is 364 g/mol. The van der Waals surface area contributed by atoms with Crippen LogP contribution in [-0.2, 0) is 17.9 Å². The SMILES string of the molecule is Cc1csc(CNC(=O)C2CN(C(=O)c3ccco3)Cc3cccnc32)n1. The highest BCUT2D eigenvalue weighted by Crippen LogP contribution is 2.28. The summed E-state index contributed by atoms with van der Waals surface area (Å²) in [5.74, 6) is -0.669. The smallest absolute Gasteiger partial charge is 0.289 e. The molecule has 0 spiro atoms. The zero-order valence-corrected chi connectivity index (χ0v) is 15.5. The molecule has 1 aliphatic rings. The first-order chi connectivity index (χ1) is 13.1. The monoisotopic (exact) mass is 382 g/mol. The predicted molar refractivity (Wildman–Crippen MR) is 99.1 cm³/mol. The van der Waals surface area contributed by atoms with Crippen LogP contribution in [0.15, 0.2) is 46.5 Å². The van der Waals surface area contributed by atoms with E-state index in [2.05, 4.69) is 15.3 Å². The minimum absolute atomic E-state index is 0.167. The van der Waals surface area contributed by atoms with Crippen molar-refractivity contribution in [3.05, 3.63) is 69.8 Å². The second kappa shape index (κ2) is 7.32. The zero-order valence-electron chi connectivity index (χ0n) is 14.7. The van der Waals surface area contributed by atoms with Crippen molar-refractivity contribution < 1.29 is 14.0 Å². The van der Waals surface area contributed by atoms with Crippen molar-refractivity contribution in [2.75, 3.05) is 6.54 Å². The van der Waals surface area contributed by atoms with Gasteiger partial charge < -0.3 is 14.6 Å². The lowest BCUT2D eigenvalue weighted by Gasteiger charge is -2.32. The van der Waals surface area contributed by atoms with Gasteiger partial charge in [0.25, 0.3) is 5.91 Å². The van der Waals surface area contributed by atoms with Gasteiger partial charge in [-0.2, -0.15) is 0 Å². The van der Waals surface area contributed by atoms with Gasteiger partial charge in [0.15, 0.2) is 5.76 Å². The first-order valence-corrected chi connectivity index (χ1v) is 9.45. The Balaban J connectivity index is 1.54. The molecule has 138 valence electrons. The van der Waals surface area contributed by atoms with Crippen LogP contribution in [0.4, 0.5) is 0 Å². The molecule has 0 saturated heterocycles. The van der Waals surface area contributed by atoms with Crippen molar-refractivity contribution in [2.24, 2.45) is 0 Å². The molecule has 2 amide bonds. The lowest BCUT2D eigenvalue weighted by atomic mass is 9.93. The van der Waals surface area contributed by atoms with Crippen molar-refractivity contribution in [3.63, 3.8) is 0 Å². The molecule has 0 aromatic carbocycles. The number of hydrogen-bond acceptors (Lipinski definition) is 6. The highest BCUT2D eigenvalue weighted by molar-refractivity contribution is 7.09. The minimum Gasteiger partial charge on any atom is -0.459 e. The average Bonchev–Trinajstić information content (AvgIpc) is 3.36. The lowest BCUT2D eigenvalue weighted by molar-refractivity contribution is -0.123. The molecule has 7 nitrogen and oxygen atoms in total. The fourth-order valence-electron chi connectivity index (χ4n) is 3.16. The molecule has 3 aromatic heterocycles. The van der Waals surface area contributed by atoms with E-state index >= 15 is 0 Å². The van der Waals surface area contributed by atoms with Gasteiger partial charge in [0.2, 0.25) is 5.91 Å². The summed E-state index contributed by atoms with van der Waals surface area (Å²) in [6, 6.07) is 7.01. The quantitative estimate of drug-likeness (QED) is 0.749. The molecule has 0 aliphatic carbocycles. The van der Waals surface area contributed by atoms with Crippen LogP contribution < -0.4 is 5.32 Å². The number of rotatable bonds is 4. The third-order valence-electron chi connectivity index (χ3n) is 4.44. The maximum absolute atomic E-state index is 12.9. The topological polar surface area (TPSA) is 88.3 Å². The van der Waals surface area contributed by atoms with E-state index in [0.29, 0.717) is 18.8 Å². The Morgan fingerprint density at radius 1 is 1.37 bits per heavy atom. The van der Waals surface area contributed by atoms with E-state index < -0.39 is 5.92 Å². The van der Waals surface area contributed by atoms with Crippen molar-refractivity contribution in [1.29, 1.82) is 0 Å². The maximum Gasteiger partial charge on any atom is 0.289 e. The van der Waals surface area contributed by atoms with Crippen LogP contribution in [0.5, 0.6) is 0 Å². The zero-order chi connectivity index (χ0) is 18.8. The summed E-state index contributed by atoms with van der Waals surface area (Å²) >= 11 is 1.51. The molecular formula is C19H18N4O3S. The highest BCUT2D eigenvalue weighted by atomic mass is 32.1. The van der Waals surface area contributed by atoms with Crippen molar-refractivity contribution in [1.82, 2.24) is 20.2 Å². The number of amides is 2. The van der Waals surface area contributed by atoms with E-state index in [1.807, 2.05) is 24.4 Å². The number of carbonyl (C=O) groups is 2. The summed E-state index contributed by atoms with van der Waals surface area (Å²) in [5.41, 5.74) is 2.52. The first kappa shape index (κ1) is 17.4. The lowest BCUT2D eigenvalue weighted by Crippen LogP contribution is -2.44. The van der Waals surface area contributed by atoms with E-state index in [4.69, 9.17) is 4.42 Å². The van der Waals surface area contributed by atoms with Gasteiger partial charge in [-0.3, -0.25) is 14.6 Å². The standard InChI is InChI=1S/C19H18N4O3S/c1-12-11-27-16(22-12)8-21-18(24)14-10-23(19(25)15-5-3-7-26-15)9-13-4-2-6-20-17(13)14/h2-7,11,14H,8-10H2,1H3,(H,21,24). The number of pyridine rings is 1. The fraction of sp³-hybridized carbons (Fsp3) is 0.263. The molecule has 8 heteroatoms. The Labute approximate surface area is 160 Å². The van der Waals surface area contributed by atoms with Gasteiger partial charge in [-0.25, -0.2) is 4.98 Å². The van der Waals surface area contributed by atoms with Crippen LogP contribution in [0, 0.1) is 6.92 Å².